The van der Waals surface area contributed by atoms with Gasteiger partial charge in [0, 0.05) is 24.4 Å². The third-order valence-corrected chi connectivity index (χ3v) is 4.31. The van der Waals surface area contributed by atoms with Crippen LogP contribution in [0.25, 0.3) is 10.9 Å². The first-order valence-corrected chi connectivity index (χ1v) is 8.18. The number of hydrogen-bond donors (Lipinski definition) is 1. The van der Waals surface area contributed by atoms with E-state index in [-0.39, 0.29) is 5.91 Å². The quantitative estimate of drug-likeness (QED) is 0.797. The van der Waals surface area contributed by atoms with E-state index in [9.17, 15) is 4.79 Å². The van der Waals surface area contributed by atoms with E-state index < -0.39 is 0 Å². The van der Waals surface area contributed by atoms with Crippen LogP contribution in [0.5, 0.6) is 5.75 Å². The number of carbonyl (C=O) groups is 1. The van der Waals surface area contributed by atoms with Gasteiger partial charge in [-0.3, -0.25) is 9.78 Å². The van der Waals surface area contributed by atoms with Gasteiger partial charge in [-0.1, -0.05) is 18.2 Å². The smallest absolute Gasteiger partial charge is 0.224 e. The molecule has 1 aromatic heterocycles. The molecule has 120 valence electrons. The second-order valence-electron chi connectivity index (χ2n) is 5.96. The first kappa shape index (κ1) is 14.7. The van der Waals surface area contributed by atoms with Crippen LogP contribution in [-0.4, -0.2) is 17.5 Å². The van der Waals surface area contributed by atoms with Gasteiger partial charge in [-0.15, -0.1) is 0 Å². The fourth-order valence-corrected chi connectivity index (χ4v) is 3.08. The molecule has 1 amide bonds. The zero-order chi connectivity index (χ0) is 16.4. The van der Waals surface area contributed by atoms with Crippen molar-refractivity contribution in [1.82, 2.24) is 4.98 Å². The van der Waals surface area contributed by atoms with Crippen molar-refractivity contribution in [2.24, 2.45) is 0 Å². The molecule has 4 rings (SSSR count). The number of nitrogens with zero attached hydrogens (tertiary/aromatic N) is 1. The molecular formula is C20H18N2O2. The zero-order valence-corrected chi connectivity index (χ0v) is 13.3. The lowest BCUT2D eigenvalue weighted by Crippen LogP contribution is -2.12. The number of nitrogens with one attached hydrogen (secondary N) is 1. The van der Waals surface area contributed by atoms with E-state index in [4.69, 9.17) is 4.74 Å². The van der Waals surface area contributed by atoms with Gasteiger partial charge < -0.3 is 10.1 Å². The van der Waals surface area contributed by atoms with Crippen molar-refractivity contribution in [2.75, 3.05) is 11.9 Å². The minimum atomic E-state index is 0.0168. The molecule has 0 saturated carbocycles. The lowest BCUT2D eigenvalue weighted by Gasteiger charge is -2.09. The highest BCUT2D eigenvalue weighted by Crippen LogP contribution is 2.26. The van der Waals surface area contributed by atoms with Crippen LogP contribution in [0, 0.1) is 0 Å². The number of hydrogen-bond acceptors (Lipinski definition) is 3. The third-order valence-electron chi connectivity index (χ3n) is 4.31. The summed E-state index contributed by atoms with van der Waals surface area (Å²) in [5, 5.41) is 3.97. The summed E-state index contributed by atoms with van der Waals surface area (Å²) in [6.45, 7) is 0.758. The first-order valence-electron chi connectivity index (χ1n) is 8.18. The van der Waals surface area contributed by atoms with Gasteiger partial charge >= 0.3 is 0 Å². The molecular weight excluding hydrogens is 300 g/mol. The molecule has 0 saturated heterocycles. The van der Waals surface area contributed by atoms with E-state index in [2.05, 4.69) is 16.4 Å². The Hall–Kier alpha value is -2.88. The van der Waals surface area contributed by atoms with Gasteiger partial charge in [-0.25, -0.2) is 0 Å². The number of amides is 1. The number of fused-ring (bicyclic) bond motifs is 2. The summed E-state index contributed by atoms with van der Waals surface area (Å²) in [6.07, 6.45) is 3.89. The fraction of sp³-hybridized carbons (Fsp3) is 0.200. The average molecular weight is 318 g/mol. The standard InChI is InChI=1S/C20H18N2O2/c23-20(9-7-14-6-8-19-15(13-14)10-12-24-19)22-18-5-1-4-17-16(18)3-2-11-21-17/h1-6,8,11,13H,7,9-10,12H2,(H,22,23). The van der Waals surface area contributed by atoms with Crippen molar-refractivity contribution in [1.29, 1.82) is 0 Å². The summed E-state index contributed by atoms with van der Waals surface area (Å²) in [4.78, 5) is 16.6. The van der Waals surface area contributed by atoms with Gasteiger partial charge in [0.15, 0.2) is 0 Å². The second kappa shape index (κ2) is 6.32. The summed E-state index contributed by atoms with van der Waals surface area (Å²) < 4.78 is 5.51. The monoisotopic (exact) mass is 318 g/mol. The van der Waals surface area contributed by atoms with Gasteiger partial charge in [-0.05, 0) is 47.9 Å². The average Bonchev–Trinajstić information content (AvgIpc) is 3.08. The molecule has 4 heteroatoms. The van der Waals surface area contributed by atoms with E-state index in [1.165, 1.54) is 11.1 Å². The minimum Gasteiger partial charge on any atom is -0.493 e. The maximum atomic E-state index is 12.3. The highest BCUT2D eigenvalue weighted by Gasteiger charge is 2.13. The molecule has 0 spiro atoms. The summed E-state index contributed by atoms with van der Waals surface area (Å²) in [5.74, 6) is 0.995. The van der Waals surface area contributed by atoms with Crippen molar-refractivity contribution in [3.05, 3.63) is 65.9 Å². The largest absolute Gasteiger partial charge is 0.493 e. The Morgan fingerprint density at radius 3 is 3.08 bits per heavy atom. The van der Waals surface area contributed by atoms with Crippen LogP contribution < -0.4 is 10.1 Å². The zero-order valence-electron chi connectivity index (χ0n) is 13.3. The van der Waals surface area contributed by atoms with Gasteiger partial charge in [0.1, 0.15) is 5.75 Å². The lowest BCUT2D eigenvalue weighted by atomic mass is 10.0. The van der Waals surface area contributed by atoms with E-state index >= 15 is 0 Å². The Balaban J connectivity index is 1.43. The Morgan fingerprint density at radius 2 is 2.12 bits per heavy atom. The number of ether oxygens (including phenoxy) is 1. The lowest BCUT2D eigenvalue weighted by molar-refractivity contribution is -0.116. The summed E-state index contributed by atoms with van der Waals surface area (Å²) in [5.41, 5.74) is 4.11. The van der Waals surface area contributed by atoms with Crippen molar-refractivity contribution >= 4 is 22.5 Å². The maximum absolute atomic E-state index is 12.3. The fourth-order valence-electron chi connectivity index (χ4n) is 3.08. The SMILES string of the molecule is O=C(CCc1ccc2c(c1)CCO2)Nc1cccc2ncccc12. The molecule has 1 aliphatic heterocycles. The summed E-state index contributed by atoms with van der Waals surface area (Å²) in [7, 11) is 0. The summed E-state index contributed by atoms with van der Waals surface area (Å²) >= 11 is 0. The molecule has 1 N–H and O–H groups in total. The van der Waals surface area contributed by atoms with Gasteiger partial charge in [0.05, 0.1) is 17.8 Å². The van der Waals surface area contributed by atoms with Crippen LogP contribution in [0.4, 0.5) is 5.69 Å². The molecule has 0 atom stereocenters. The second-order valence-corrected chi connectivity index (χ2v) is 5.96. The first-order chi connectivity index (χ1) is 11.8. The number of aryl methyl sites for hydroxylation is 1. The van der Waals surface area contributed by atoms with E-state index in [0.29, 0.717) is 6.42 Å². The Bertz CT molecular complexity index is 900. The van der Waals surface area contributed by atoms with Crippen LogP contribution in [0.2, 0.25) is 0 Å². The maximum Gasteiger partial charge on any atom is 0.224 e. The number of carbonyl (C=O) groups excluding carboxylic acids is 1. The molecule has 3 aromatic rings. The topological polar surface area (TPSA) is 51.2 Å². The number of aromatic nitrogens is 1. The Labute approximate surface area is 140 Å². The molecule has 0 aliphatic carbocycles. The number of anilines is 1. The van der Waals surface area contributed by atoms with Gasteiger partial charge in [-0.2, -0.15) is 0 Å². The molecule has 2 aromatic carbocycles. The predicted molar refractivity (Wildman–Crippen MR) is 94.3 cm³/mol. The number of benzene rings is 2. The van der Waals surface area contributed by atoms with E-state index in [0.717, 1.165) is 41.8 Å². The van der Waals surface area contributed by atoms with Crippen LogP contribution in [-0.2, 0) is 17.6 Å². The van der Waals surface area contributed by atoms with E-state index in [1.807, 2.05) is 42.5 Å². The molecule has 24 heavy (non-hydrogen) atoms. The van der Waals surface area contributed by atoms with E-state index in [1.54, 1.807) is 6.20 Å². The highest BCUT2D eigenvalue weighted by molar-refractivity contribution is 6.00. The van der Waals surface area contributed by atoms with Crippen molar-refractivity contribution in [2.45, 2.75) is 19.3 Å². The summed E-state index contributed by atoms with van der Waals surface area (Å²) in [6, 6.07) is 15.8. The molecule has 0 fully saturated rings. The van der Waals surface area contributed by atoms with Crippen LogP contribution in [0.1, 0.15) is 17.5 Å². The Morgan fingerprint density at radius 1 is 1.17 bits per heavy atom. The van der Waals surface area contributed by atoms with Gasteiger partial charge in [0.25, 0.3) is 0 Å². The number of rotatable bonds is 4. The molecule has 0 bridgehead atoms. The molecule has 4 nitrogen and oxygen atoms in total. The third kappa shape index (κ3) is 2.95. The molecule has 0 unspecified atom stereocenters. The predicted octanol–water partition coefficient (Wildman–Crippen LogP) is 3.74. The normalized spacial score (nSPS) is 12.7. The van der Waals surface area contributed by atoms with Crippen LogP contribution in [0.15, 0.2) is 54.7 Å². The van der Waals surface area contributed by atoms with Crippen molar-refractivity contribution in [3.63, 3.8) is 0 Å². The van der Waals surface area contributed by atoms with Crippen molar-refractivity contribution < 1.29 is 9.53 Å². The van der Waals surface area contributed by atoms with Gasteiger partial charge in [0.2, 0.25) is 5.91 Å². The Kier molecular flexibility index (Phi) is 3.87. The van der Waals surface area contributed by atoms with Crippen LogP contribution in [0.3, 0.4) is 0 Å². The molecule has 1 aliphatic rings. The highest BCUT2D eigenvalue weighted by atomic mass is 16.5. The minimum absolute atomic E-state index is 0.0168. The van der Waals surface area contributed by atoms with Crippen LogP contribution >= 0.6 is 0 Å². The molecule has 0 radical (unpaired) electrons. The van der Waals surface area contributed by atoms with Crippen molar-refractivity contribution in [3.8, 4) is 5.75 Å². The molecule has 2 heterocycles. The number of pyridine rings is 1.